The maximum absolute atomic E-state index is 12.5. The maximum Gasteiger partial charge on any atom is 0.416 e. The molecule has 0 heterocycles. The second-order valence-electron chi connectivity index (χ2n) is 6.33. The zero-order valence-electron chi connectivity index (χ0n) is 13.4. The summed E-state index contributed by atoms with van der Waals surface area (Å²) in [7, 11) is 0. The highest BCUT2D eigenvalue weighted by atomic mass is 19.4. The summed E-state index contributed by atoms with van der Waals surface area (Å²) in [4.78, 5) is 11.8. The van der Waals surface area contributed by atoms with Gasteiger partial charge in [-0.3, -0.25) is 4.79 Å². The summed E-state index contributed by atoms with van der Waals surface area (Å²) in [6.07, 6.45) is 2.75. The third-order valence-corrected chi connectivity index (χ3v) is 4.71. The van der Waals surface area contributed by atoms with Crippen LogP contribution in [0.25, 0.3) is 0 Å². The van der Waals surface area contributed by atoms with Crippen LogP contribution in [0.3, 0.4) is 0 Å². The van der Waals surface area contributed by atoms with E-state index in [0.29, 0.717) is 12.3 Å². The number of alkyl halides is 3. The van der Waals surface area contributed by atoms with Crippen molar-refractivity contribution in [1.82, 2.24) is 0 Å². The topological polar surface area (TPSA) is 26.3 Å². The van der Waals surface area contributed by atoms with Crippen LogP contribution >= 0.6 is 0 Å². The second-order valence-corrected chi connectivity index (χ2v) is 6.33. The van der Waals surface area contributed by atoms with Crippen molar-refractivity contribution in [2.75, 3.05) is 0 Å². The molecule has 0 saturated heterocycles. The minimum absolute atomic E-state index is 0.165. The van der Waals surface area contributed by atoms with Gasteiger partial charge in [-0.15, -0.1) is 0 Å². The Morgan fingerprint density at radius 1 is 1.09 bits per heavy atom. The van der Waals surface area contributed by atoms with Crippen LogP contribution in [0.4, 0.5) is 13.2 Å². The molecule has 0 N–H and O–H groups in total. The van der Waals surface area contributed by atoms with E-state index in [9.17, 15) is 18.0 Å². The number of carbonyl (C=O) groups is 1. The molecule has 0 spiro atoms. The van der Waals surface area contributed by atoms with Gasteiger partial charge in [0.15, 0.2) is 0 Å². The van der Waals surface area contributed by atoms with E-state index in [1.54, 1.807) is 0 Å². The molecule has 1 saturated carbocycles. The van der Waals surface area contributed by atoms with Gasteiger partial charge >= 0.3 is 12.1 Å². The van der Waals surface area contributed by atoms with Gasteiger partial charge in [0.1, 0.15) is 5.75 Å². The lowest BCUT2D eigenvalue weighted by Crippen LogP contribution is -2.16. The van der Waals surface area contributed by atoms with Gasteiger partial charge in [-0.05, 0) is 42.5 Å². The highest BCUT2D eigenvalue weighted by Crippen LogP contribution is 2.33. The third-order valence-electron chi connectivity index (χ3n) is 4.71. The van der Waals surface area contributed by atoms with Crippen LogP contribution in [0.2, 0.25) is 0 Å². The standard InChI is InChI=1S/C18H23F3O2/c1-2-13-3-5-14(6-4-13)7-12-17(22)23-16-10-8-15(9-11-16)18(19,20)21/h8-11,13-14H,2-7,12H2,1H3/t13-,14-. The van der Waals surface area contributed by atoms with Crippen molar-refractivity contribution in [1.29, 1.82) is 0 Å². The lowest BCUT2D eigenvalue weighted by Gasteiger charge is -2.27. The quantitative estimate of drug-likeness (QED) is 0.519. The van der Waals surface area contributed by atoms with Crippen LogP contribution in [0.15, 0.2) is 24.3 Å². The van der Waals surface area contributed by atoms with E-state index in [2.05, 4.69) is 6.92 Å². The summed E-state index contributed by atoms with van der Waals surface area (Å²) in [5.41, 5.74) is -0.745. The van der Waals surface area contributed by atoms with Crippen LogP contribution in [0.1, 0.15) is 57.4 Å². The number of rotatable bonds is 5. The van der Waals surface area contributed by atoms with E-state index in [4.69, 9.17) is 4.74 Å². The molecule has 0 atom stereocenters. The van der Waals surface area contributed by atoms with Gasteiger partial charge < -0.3 is 4.74 Å². The SMILES string of the molecule is CC[C@H]1CC[C@H](CCC(=O)Oc2ccc(C(F)(F)F)cc2)CC1. The first-order valence-corrected chi connectivity index (χ1v) is 8.26. The van der Waals surface area contributed by atoms with Crippen molar-refractivity contribution in [3.8, 4) is 5.75 Å². The van der Waals surface area contributed by atoms with Crippen molar-refractivity contribution in [3.05, 3.63) is 29.8 Å². The molecule has 0 bridgehead atoms. The molecule has 1 aliphatic carbocycles. The van der Waals surface area contributed by atoms with Gasteiger partial charge in [-0.25, -0.2) is 0 Å². The number of carbonyl (C=O) groups excluding carboxylic acids is 1. The van der Waals surface area contributed by atoms with Crippen molar-refractivity contribution in [3.63, 3.8) is 0 Å². The average molecular weight is 328 g/mol. The van der Waals surface area contributed by atoms with Crippen molar-refractivity contribution >= 4 is 5.97 Å². The molecule has 2 nitrogen and oxygen atoms in total. The van der Waals surface area contributed by atoms with Gasteiger partial charge in [-0.1, -0.05) is 39.0 Å². The van der Waals surface area contributed by atoms with Crippen LogP contribution in [0, 0.1) is 11.8 Å². The van der Waals surface area contributed by atoms with Crippen LogP contribution in [-0.4, -0.2) is 5.97 Å². The highest BCUT2D eigenvalue weighted by molar-refractivity contribution is 5.72. The molecule has 0 aliphatic heterocycles. The van der Waals surface area contributed by atoms with E-state index >= 15 is 0 Å². The summed E-state index contributed by atoms with van der Waals surface area (Å²) in [6.45, 7) is 2.21. The first-order chi connectivity index (χ1) is 10.9. The number of esters is 1. The molecule has 1 aromatic carbocycles. The first kappa shape index (κ1) is 17.8. The summed E-state index contributed by atoms with van der Waals surface area (Å²) >= 11 is 0. The van der Waals surface area contributed by atoms with E-state index in [1.807, 2.05) is 0 Å². The number of hydrogen-bond donors (Lipinski definition) is 0. The minimum Gasteiger partial charge on any atom is -0.427 e. The van der Waals surface area contributed by atoms with Gasteiger partial charge in [0.05, 0.1) is 5.56 Å². The fraction of sp³-hybridized carbons (Fsp3) is 0.611. The third kappa shape index (κ3) is 5.56. The predicted octanol–water partition coefficient (Wildman–Crippen LogP) is 5.61. The molecule has 0 amide bonds. The minimum atomic E-state index is -4.38. The number of hydrogen-bond acceptors (Lipinski definition) is 2. The molecule has 128 valence electrons. The molecule has 0 radical (unpaired) electrons. The van der Waals surface area contributed by atoms with E-state index < -0.39 is 11.7 Å². The second kappa shape index (κ2) is 7.84. The molecule has 1 fully saturated rings. The molecule has 5 heteroatoms. The largest absolute Gasteiger partial charge is 0.427 e. The molecular formula is C18H23F3O2. The molecule has 0 aromatic heterocycles. The number of halogens is 3. The fourth-order valence-corrected chi connectivity index (χ4v) is 3.14. The smallest absolute Gasteiger partial charge is 0.416 e. The molecule has 1 aliphatic rings. The molecular weight excluding hydrogens is 305 g/mol. The summed E-state index contributed by atoms with van der Waals surface area (Å²) < 4.78 is 42.5. The van der Waals surface area contributed by atoms with Gasteiger partial charge in [-0.2, -0.15) is 13.2 Å². The highest BCUT2D eigenvalue weighted by Gasteiger charge is 2.30. The van der Waals surface area contributed by atoms with Crippen LogP contribution < -0.4 is 4.74 Å². The molecule has 0 unspecified atom stereocenters. The Labute approximate surface area is 135 Å². The molecule has 2 rings (SSSR count). The maximum atomic E-state index is 12.5. The van der Waals surface area contributed by atoms with Crippen molar-refractivity contribution in [2.24, 2.45) is 11.8 Å². The average Bonchev–Trinajstić information content (AvgIpc) is 2.53. The van der Waals surface area contributed by atoms with Gasteiger partial charge in [0, 0.05) is 6.42 Å². The fourth-order valence-electron chi connectivity index (χ4n) is 3.14. The number of ether oxygens (including phenoxy) is 1. The van der Waals surface area contributed by atoms with E-state index in [0.717, 1.165) is 37.3 Å². The monoisotopic (exact) mass is 328 g/mol. The Hall–Kier alpha value is -1.52. The van der Waals surface area contributed by atoms with Gasteiger partial charge in [0.2, 0.25) is 0 Å². The Kier molecular flexibility index (Phi) is 6.08. The van der Waals surface area contributed by atoms with Crippen LogP contribution in [0.5, 0.6) is 5.75 Å². The lowest BCUT2D eigenvalue weighted by atomic mass is 9.79. The Balaban J connectivity index is 1.75. The van der Waals surface area contributed by atoms with Crippen molar-refractivity contribution in [2.45, 2.75) is 58.0 Å². The number of benzene rings is 1. The summed E-state index contributed by atoms with van der Waals surface area (Å²) in [6, 6.07) is 4.23. The predicted molar refractivity (Wildman–Crippen MR) is 82.1 cm³/mol. The zero-order valence-corrected chi connectivity index (χ0v) is 13.4. The molecule has 23 heavy (non-hydrogen) atoms. The Bertz CT molecular complexity index is 500. The van der Waals surface area contributed by atoms with Crippen molar-refractivity contribution < 1.29 is 22.7 Å². The first-order valence-electron chi connectivity index (χ1n) is 8.26. The summed E-state index contributed by atoms with van der Waals surface area (Å²) in [5.74, 6) is 1.18. The zero-order chi connectivity index (χ0) is 16.9. The molecule has 1 aromatic rings. The summed E-state index contributed by atoms with van der Waals surface area (Å²) in [5, 5.41) is 0. The Morgan fingerprint density at radius 2 is 1.65 bits per heavy atom. The normalized spacial score (nSPS) is 21.9. The van der Waals surface area contributed by atoms with Crippen LogP contribution in [-0.2, 0) is 11.0 Å². The van der Waals surface area contributed by atoms with Gasteiger partial charge in [0.25, 0.3) is 0 Å². The van der Waals surface area contributed by atoms with E-state index in [-0.39, 0.29) is 11.7 Å². The van der Waals surface area contributed by atoms with E-state index in [1.165, 1.54) is 31.4 Å². The Morgan fingerprint density at radius 3 is 2.17 bits per heavy atom. The lowest BCUT2D eigenvalue weighted by molar-refractivity contribution is -0.137.